The van der Waals surface area contributed by atoms with Crippen LogP contribution >= 0.6 is 0 Å². The molecule has 1 atom stereocenters. The molecule has 90 valence electrons. The van der Waals surface area contributed by atoms with Crippen LogP contribution in [0.1, 0.15) is 37.7 Å². The minimum atomic E-state index is 0.576. The molecule has 0 bridgehead atoms. The first kappa shape index (κ1) is 11.9. The fourth-order valence-corrected chi connectivity index (χ4v) is 2.13. The normalized spacial score (nSPS) is 12.6. The summed E-state index contributed by atoms with van der Waals surface area (Å²) >= 11 is 0. The maximum atomic E-state index is 2.35. The molecule has 0 aliphatic rings. The van der Waals surface area contributed by atoms with E-state index in [1.54, 1.807) is 0 Å². The van der Waals surface area contributed by atoms with E-state index < -0.39 is 0 Å². The monoisotopic (exact) mass is 229 g/mol. The molecule has 0 spiro atoms. The second-order valence-electron chi connectivity index (χ2n) is 4.62. The number of nitrogens with zero attached hydrogens (tertiary/aromatic N) is 2. The summed E-state index contributed by atoms with van der Waals surface area (Å²) in [4.78, 5) is 0. The first-order valence-corrected chi connectivity index (χ1v) is 6.33. The van der Waals surface area contributed by atoms with Crippen LogP contribution in [-0.4, -0.2) is 4.57 Å². The van der Waals surface area contributed by atoms with Crippen molar-refractivity contribution in [2.45, 2.75) is 39.8 Å². The van der Waals surface area contributed by atoms with Crippen molar-refractivity contribution < 1.29 is 4.57 Å². The molecule has 0 aliphatic heterocycles. The van der Waals surface area contributed by atoms with Gasteiger partial charge in [0.15, 0.2) is 0 Å². The van der Waals surface area contributed by atoms with Crippen molar-refractivity contribution >= 4 is 0 Å². The number of imidazole rings is 1. The van der Waals surface area contributed by atoms with E-state index in [-0.39, 0.29) is 0 Å². The molecule has 2 aromatic rings. The summed E-state index contributed by atoms with van der Waals surface area (Å²) in [5, 5.41) is 0. The Morgan fingerprint density at radius 1 is 1.24 bits per heavy atom. The highest BCUT2D eigenvalue weighted by Crippen LogP contribution is 2.11. The summed E-state index contributed by atoms with van der Waals surface area (Å²) in [6, 6.07) is 11.2. The van der Waals surface area contributed by atoms with Crippen molar-refractivity contribution in [3.8, 4) is 0 Å². The van der Waals surface area contributed by atoms with Gasteiger partial charge < -0.3 is 0 Å². The summed E-state index contributed by atoms with van der Waals surface area (Å²) in [5.41, 5.74) is 1.35. The number of aromatic nitrogens is 2. The van der Waals surface area contributed by atoms with Crippen LogP contribution in [-0.2, 0) is 6.54 Å². The SMILES string of the molecule is CCC(C)n1cc[n+](Cc2ccccc2)c1C. The van der Waals surface area contributed by atoms with Gasteiger partial charge in [0, 0.05) is 6.92 Å². The van der Waals surface area contributed by atoms with Gasteiger partial charge in [-0.1, -0.05) is 37.3 Å². The predicted octanol–water partition coefficient (Wildman–Crippen LogP) is 3.10. The predicted molar refractivity (Wildman–Crippen MR) is 69.9 cm³/mol. The minimum Gasteiger partial charge on any atom is -0.232 e. The van der Waals surface area contributed by atoms with Gasteiger partial charge in [-0.05, 0) is 18.9 Å². The van der Waals surface area contributed by atoms with Gasteiger partial charge in [-0.25, -0.2) is 9.13 Å². The number of hydrogen-bond donors (Lipinski definition) is 0. The molecule has 0 N–H and O–H groups in total. The van der Waals surface area contributed by atoms with Gasteiger partial charge in [-0.3, -0.25) is 0 Å². The average Bonchev–Trinajstić information content (AvgIpc) is 2.72. The lowest BCUT2D eigenvalue weighted by Crippen LogP contribution is -2.36. The maximum Gasteiger partial charge on any atom is 0.253 e. The lowest BCUT2D eigenvalue weighted by molar-refractivity contribution is -0.694. The van der Waals surface area contributed by atoms with Crippen LogP contribution in [0, 0.1) is 6.92 Å². The number of hydrogen-bond acceptors (Lipinski definition) is 0. The third-order valence-electron chi connectivity index (χ3n) is 3.46. The zero-order valence-electron chi connectivity index (χ0n) is 10.9. The summed E-state index contributed by atoms with van der Waals surface area (Å²) < 4.78 is 4.66. The van der Waals surface area contributed by atoms with E-state index in [1.807, 2.05) is 0 Å². The highest BCUT2D eigenvalue weighted by atomic mass is 15.2. The van der Waals surface area contributed by atoms with E-state index in [0.717, 1.165) is 6.54 Å². The van der Waals surface area contributed by atoms with E-state index in [4.69, 9.17) is 0 Å². The van der Waals surface area contributed by atoms with Crippen molar-refractivity contribution in [3.63, 3.8) is 0 Å². The van der Waals surface area contributed by atoms with Crippen LogP contribution in [0.4, 0.5) is 0 Å². The molecule has 0 amide bonds. The third kappa shape index (κ3) is 2.57. The molecule has 0 aliphatic carbocycles. The fourth-order valence-electron chi connectivity index (χ4n) is 2.13. The van der Waals surface area contributed by atoms with Gasteiger partial charge >= 0.3 is 0 Å². The van der Waals surface area contributed by atoms with Crippen molar-refractivity contribution in [2.75, 3.05) is 0 Å². The van der Waals surface area contributed by atoms with Crippen LogP contribution < -0.4 is 4.57 Å². The van der Waals surface area contributed by atoms with Gasteiger partial charge in [0.05, 0.1) is 6.04 Å². The van der Waals surface area contributed by atoms with E-state index >= 15 is 0 Å². The first-order chi connectivity index (χ1) is 8.22. The van der Waals surface area contributed by atoms with Gasteiger partial charge in [-0.15, -0.1) is 0 Å². The third-order valence-corrected chi connectivity index (χ3v) is 3.46. The first-order valence-electron chi connectivity index (χ1n) is 6.33. The standard InChI is InChI=1S/C15H21N2/c1-4-13(2)17-11-10-16(14(17)3)12-15-8-6-5-7-9-15/h5-11,13H,4,12H2,1-3H3/q+1. The Morgan fingerprint density at radius 3 is 2.59 bits per heavy atom. The lowest BCUT2D eigenvalue weighted by Gasteiger charge is -2.06. The second kappa shape index (κ2) is 5.17. The molecular weight excluding hydrogens is 208 g/mol. The summed E-state index contributed by atoms with van der Waals surface area (Å²) in [5.74, 6) is 1.32. The Hall–Kier alpha value is -1.57. The zero-order valence-corrected chi connectivity index (χ0v) is 10.9. The molecule has 1 aromatic heterocycles. The van der Waals surface area contributed by atoms with Gasteiger partial charge in [0.1, 0.15) is 18.9 Å². The molecule has 2 nitrogen and oxygen atoms in total. The quantitative estimate of drug-likeness (QED) is 0.712. The molecule has 0 saturated carbocycles. The molecule has 1 aromatic carbocycles. The Kier molecular flexibility index (Phi) is 3.62. The molecule has 17 heavy (non-hydrogen) atoms. The van der Waals surface area contributed by atoms with Gasteiger partial charge in [0.2, 0.25) is 0 Å². The van der Waals surface area contributed by atoms with Gasteiger partial charge in [-0.2, -0.15) is 0 Å². The van der Waals surface area contributed by atoms with Crippen LogP contribution in [0.5, 0.6) is 0 Å². The van der Waals surface area contributed by atoms with Crippen molar-refractivity contribution in [1.29, 1.82) is 0 Å². The minimum absolute atomic E-state index is 0.576. The zero-order chi connectivity index (χ0) is 12.3. The van der Waals surface area contributed by atoms with Crippen LogP contribution in [0.25, 0.3) is 0 Å². The molecular formula is C15H21N2+. The van der Waals surface area contributed by atoms with Crippen LogP contribution in [0.2, 0.25) is 0 Å². The Balaban J connectivity index is 2.21. The molecule has 2 heteroatoms. The van der Waals surface area contributed by atoms with Gasteiger partial charge in [0.25, 0.3) is 5.82 Å². The Bertz CT molecular complexity index is 471. The summed E-state index contributed by atoms with van der Waals surface area (Å²) in [6.45, 7) is 7.64. The summed E-state index contributed by atoms with van der Waals surface area (Å²) in [7, 11) is 0. The van der Waals surface area contributed by atoms with Crippen LogP contribution in [0.3, 0.4) is 0 Å². The molecule has 0 fully saturated rings. The Labute approximate surface area is 104 Å². The van der Waals surface area contributed by atoms with E-state index in [9.17, 15) is 0 Å². The molecule has 0 saturated heterocycles. The van der Waals surface area contributed by atoms with Crippen LogP contribution in [0.15, 0.2) is 42.7 Å². The number of benzene rings is 1. The van der Waals surface area contributed by atoms with E-state index in [0.29, 0.717) is 6.04 Å². The number of rotatable bonds is 4. The molecule has 0 radical (unpaired) electrons. The maximum absolute atomic E-state index is 2.35. The fraction of sp³-hybridized carbons (Fsp3) is 0.400. The molecule has 1 heterocycles. The second-order valence-corrected chi connectivity index (χ2v) is 4.62. The van der Waals surface area contributed by atoms with Crippen molar-refractivity contribution in [2.24, 2.45) is 0 Å². The lowest BCUT2D eigenvalue weighted by atomic mass is 10.2. The Morgan fingerprint density at radius 2 is 1.94 bits per heavy atom. The molecule has 1 unspecified atom stereocenters. The molecule has 2 rings (SSSR count). The van der Waals surface area contributed by atoms with E-state index in [1.165, 1.54) is 17.8 Å². The highest BCUT2D eigenvalue weighted by Gasteiger charge is 2.16. The van der Waals surface area contributed by atoms with E-state index in [2.05, 4.69) is 72.6 Å². The largest absolute Gasteiger partial charge is 0.253 e. The summed E-state index contributed by atoms with van der Waals surface area (Å²) in [6.07, 6.45) is 5.53. The van der Waals surface area contributed by atoms with Crippen molar-refractivity contribution in [1.82, 2.24) is 4.57 Å². The topological polar surface area (TPSA) is 8.81 Å². The smallest absolute Gasteiger partial charge is 0.232 e. The van der Waals surface area contributed by atoms with Crippen molar-refractivity contribution in [3.05, 3.63) is 54.1 Å². The average molecular weight is 229 g/mol. The highest BCUT2D eigenvalue weighted by molar-refractivity contribution is 5.13.